The molecule has 2 rings (SSSR count). The van der Waals surface area contributed by atoms with Gasteiger partial charge in [-0.05, 0) is 44.4 Å². The van der Waals surface area contributed by atoms with Crippen molar-refractivity contribution >= 4 is 0 Å². The highest BCUT2D eigenvalue weighted by molar-refractivity contribution is 5.42. The molecule has 0 aromatic heterocycles. The van der Waals surface area contributed by atoms with E-state index in [0.717, 1.165) is 17.7 Å². The Balaban J connectivity index is 2.23. The molecule has 108 valence electrons. The zero-order valence-corrected chi connectivity index (χ0v) is 12.3. The van der Waals surface area contributed by atoms with E-state index in [2.05, 4.69) is 30.6 Å². The summed E-state index contributed by atoms with van der Waals surface area (Å²) in [7, 11) is 0. The number of piperidine rings is 1. The van der Waals surface area contributed by atoms with Crippen LogP contribution < -0.4 is 5.73 Å². The Kier molecular flexibility index (Phi) is 5.17. The molecule has 1 fully saturated rings. The number of rotatable bonds is 2. The quantitative estimate of drug-likeness (QED) is 0.840. The number of hydrogen-bond acceptors (Lipinski definition) is 2. The van der Waals surface area contributed by atoms with Crippen molar-refractivity contribution in [2.75, 3.05) is 6.54 Å². The molecule has 1 heterocycles. The second kappa shape index (κ2) is 6.88. The Morgan fingerprint density at radius 1 is 1.30 bits per heavy atom. The third-order valence-electron chi connectivity index (χ3n) is 4.13. The van der Waals surface area contributed by atoms with E-state index in [1.165, 1.54) is 31.4 Å². The molecular formula is C17H23FN2. The molecule has 2 unspecified atom stereocenters. The lowest BCUT2D eigenvalue weighted by atomic mass is 9.96. The van der Waals surface area contributed by atoms with E-state index in [9.17, 15) is 4.39 Å². The lowest BCUT2D eigenvalue weighted by molar-refractivity contribution is 0.0952. The maximum atomic E-state index is 13.4. The van der Waals surface area contributed by atoms with Gasteiger partial charge < -0.3 is 5.73 Å². The van der Waals surface area contributed by atoms with Crippen LogP contribution in [0.25, 0.3) is 0 Å². The van der Waals surface area contributed by atoms with Gasteiger partial charge in [-0.3, -0.25) is 4.90 Å². The lowest BCUT2D eigenvalue weighted by Gasteiger charge is -2.39. The molecule has 2 atom stereocenters. The highest BCUT2D eigenvalue weighted by atomic mass is 19.1. The summed E-state index contributed by atoms with van der Waals surface area (Å²) in [6, 6.07) is 6.02. The topological polar surface area (TPSA) is 29.3 Å². The zero-order valence-electron chi connectivity index (χ0n) is 12.3. The fourth-order valence-corrected chi connectivity index (χ4v) is 2.93. The molecule has 0 saturated carbocycles. The summed E-state index contributed by atoms with van der Waals surface area (Å²) < 4.78 is 13.4. The average Bonchev–Trinajstić information content (AvgIpc) is 2.42. The Hall–Kier alpha value is -1.37. The first-order chi connectivity index (χ1) is 9.61. The molecule has 0 bridgehead atoms. The number of likely N-dealkylation sites (tertiary alicyclic amines) is 1. The molecule has 1 aliphatic rings. The van der Waals surface area contributed by atoms with Crippen LogP contribution in [0.15, 0.2) is 18.2 Å². The number of nitrogens with zero attached hydrogens (tertiary/aromatic N) is 1. The fraction of sp³-hybridized carbons (Fsp3) is 0.529. The summed E-state index contributed by atoms with van der Waals surface area (Å²) in [5.41, 5.74) is 7.27. The van der Waals surface area contributed by atoms with Crippen LogP contribution in [-0.4, -0.2) is 23.5 Å². The van der Waals surface area contributed by atoms with Gasteiger partial charge in [0, 0.05) is 24.2 Å². The van der Waals surface area contributed by atoms with Gasteiger partial charge in [0.1, 0.15) is 5.82 Å². The summed E-state index contributed by atoms with van der Waals surface area (Å²) in [4.78, 5) is 2.49. The third kappa shape index (κ3) is 3.59. The molecule has 0 spiro atoms. The van der Waals surface area contributed by atoms with Crippen molar-refractivity contribution in [3.8, 4) is 11.8 Å². The van der Waals surface area contributed by atoms with Crippen LogP contribution in [-0.2, 0) is 6.54 Å². The normalized spacial score (nSPS) is 23.2. The number of hydrogen-bond donors (Lipinski definition) is 1. The minimum atomic E-state index is -0.241. The van der Waals surface area contributed by atoms with E-state index in [4.69, 9.17) is 5.73 Å². The maximum Gasteiger partial charge on any atom is 0.124 e. The summed E-state index contributed by atoms with van der Waals surface area (Å²) in [5.74, 6) is 5.57. The second-order valence-corrected chi connectivity index (χ2v) is 5.61. The monoisotopic (exact) mass is 274 g/mol. The van der Waals surface area contributed by atoms with Gasteiger partial charge in [0.25, 0.3) is 0 Å². The van der Waals surface area contributed by atoms with E-state index < -0.39 is 0 Å². The third-order valence-corrected chi connectivity index (χ3v) is 4.13. The van der Waals surface area contributed by atoms with Gasteiger partial charge in [-0.25, -0.2) is 4.39 Å². The molecule has 0 radical (unpaired) electrons. The van der Waals surface area contributed by atoms with Gasteiger partial charge in [-0.15, -0.1) is 0 Å². The molecule has 1 aromatic carbocycles. The predicted molar refractivity (Wildman–Crippen MR) is 80.7 cm³/mol. The van der Waals surface area contributed by atoms with Crippen LogP contribution >= 0.6 is 0 Å². The largest absolute Gasteiger partial charge is 0.320 e. The molecule has 1 saturated heterocycles. The van der Waals surface area contributed by atoms with Crippen molar-refractivity contribution in [2.24, 2.45) is 5.73 Å². The second-order valence-electron chi connectivity index (χ2n) is 5.61. The fourth-order valence-electron chi connectivity index (χ4n) is 2.93. The predicted octanol–water partition coefficient (Wildman–Crippen LogP) is 2.90. The maximum absolute atomic E-state index is 13.4. The minimum Gasteiger partial charge on any atom is -0.320 e. The minimum absolute atomic E-state index is 0.241. The zero-order chi connectivity index (χ0) is 14.5. The smallest absolute Gasteiger partial charge is 0.124 e. The van der Waals surface area contributed by atoms with Gasteiger partial charge in [-0.1, -0.05) is 24.3 Å². The van der Waals surface area contributed by atoms with Gasteiger partial charge in [-0.2, -0.15) is 0 Å². The molecular weight excluding hydrogens is 251 g/mol. The Morgan fingerprint density at radius 3 is 2.65 bits per heavy atom. The first kappa shape index (κ1) is 15.0. The number of nitrogens with two attached hydrogens (primary N) is 1. The summed E-state index contributed by atoms with van der Waals surface area (Å²) in [5, 5.41) is 0. The molecule has 0 aliphatic carbocycles. The van der Waals surface area contributed by atoms with E-state index in [0.29, 0.717) is 18.6 Å². The van der Waals surface area contributed by atoms with Crippen LogP contribution in [0.4, 0.5) is 4.39 Å². The average molecular weight is 274 g/mol. The molecule has 20 heavy (non-hydrogen) atoms. The standard InChI is InChI=1S/C17H23FN2/c1-13-5-3-6-14(2)20(13)12-16-8-9-17(18)11-15(16)7-4-10-19/h8-9,11,13-14H,3,5-6,10,12,19H2,1-2H3. The van der Waals surface area contributed by atoms with Gasteiger partial charge in [0.2, 0.25) is 0 Å². The van der Waals surface area contributed by atoms with E-state index in [-0.39, 0.29) is 5.82 Å². The molecule has 1 aromatic rings. The van der Waals surface area contributed by atoms with Crippen molar-refractivity contribution in [1.82, 2.24) is 4.90 Å². The number of benzene rings is 1. The van der Waals surface area contributed by atoms with Crippen LogP contribution in [0.3, 0.4) is 0 Å². The molecule has 0 amide bonds. The SMILES string of the molecule is CC1CCCC(C)N1Cc1ccc(F)cc1C#CCN. The van der Waals surface area contributed by atoms with Crippen molar-refractivity contribution in [3.63, 3.8) is 0 Å². The molecule has 2 N–H and O–H groups in total. The summed E-state index contributed by atoms with van der Waals surface area (Å²) >= 11 is 0. The molecule has 1 aliphatic heterocycles. The van der Waals surface area contributed by atoms with Crippen LogP contribution in [0, 0.1) is 17.7 Å². The van der Waals surface area contributed by atoms with Gasteiger partial charge in [0.15, 0.2) is 0 Å². The van der Waals surface area contributed by atoms with E-state index in [1.54, 1.807) is 0 Å². The first-order valence-corrected chi connectivity index (χ1v) is 7.35. The summed E-state index contributed by atoms with van der Waals surface area (Å²) in [6.45, 7) is 5.67. The van der Waals surface area contributed by atoms with Crippen molar-refractivity contribution < 1.29 is 4.39 Å². The van der Waals surface area contributed by atoms with Crippen LogP contribution in [0.1, 0.15) is 44.2 Å². The highest BCUT2D eigenvalue weighted by Crippen LogP contribution is 2.25. The van der Waals surface area contributed by atoms with Crippen LogP contribution in [0.5, 0.6) is 0 Å². The van der Waals surface area contributed by atoms with Crippen molar-refractivity contribution in [2.45, 2.75) is 51.7 Å². The first-order valence-electron chi connectivity index (χ1n) is 7.35. The summed E-state index contributed by atoms with van der Waals surface area (Å²) in [6.07, 6.45) is 3.76. The Bertz CT molecular complexity index is 505. The van der Waals surface area contributed by atoms with Crippen molar-refractivity contribution in [1.29, 1.82) is 0 Å². The number of halogens is 1. The Labute approximate surface area is 121 Å². The van der Waals surface area contributed by atoms with Gasteiger partial charge in [0.05, 0.1) is 6.54 Å². The van der Waals surface area contributed by atoms with Crippen molar-refractivity contribution in [3.05, 3.63) is 35.1 Å². The Morgan fingerprint density at radius 2 is 2.00 bits per heavy atom. The van der Waals surface area contributed by atoms with Crippen LogP contribution in [0.2, 0.25) is 0 Å². The van der Waals surface area contributed by atoms with E-state index >= 15 is 0 Å². The lowest BCUT2D eigenvalue weighted by Crippen LogP contribution is -2.43. The highest BCUT2D eigenvalue weighted by Gasteiger charge is 2.25. The van der Waals surface area contributed by atoms with Gasteiger partial charge >= 0.3 is 0 Å². The molecule has 2 nitrogen and oxygen atoms in total. The van der Waals surface area contributed by atoms with E-state index in [1.807, 2.05) is 6.07 Å². The molecule has 3 heteroatoms.